The molecule has 2 saturated heterocycles. The maximum atomic E-state index is 11.8. The zero-order valence-electron chi connectivity index (χ0n) is 24.2. The molecule has 0 atom stereocenters. The number of benzene rings is 2. The number of hydroxylamine groups is 1. The van der Waals surface area contributed by atoms with Gasteiger partial charge in [-0.05, 0) is 86.0 Å². The lowest BCUT2D eigenvalue weighted by Crippen LogP contribution is -2.51. The van der Waals surface area contributed by atoms with Gasteiger partial charge in [0.15, 0.2) is 0 Å². The molecule has 1 amide bonds. The molecule has 3 aliphatic rings. The lowest BCUT2D eigenvalue weighted by atomic mass is 9.95. The van der Waals surface area contributed by atoms with Crippen LogP contribution in [0.3, 0.4) is 0 Å². The van der Waals surface area contributed by atoms with Gasteiger partial charge in [0.05, 0.1) is 6.54 Å². The third kappa shape index (κ3) is 7.12. The lowest BCUT2D eigenvalue weighted by molar-refractivity contribution is 0.0706. The van der Waals surface area contributed by atoms with Crippen LogP contribution in [0.25, 0.3) is 10.9 Å². The molecule has 0 spiro atoms. The van der Waals surface area contributed by atoms with Gasteiger partial charge in [-0.25, -0.2) is 5.48 Å². The molecule has 8 heteroatoms. The number of hydrogen-bond donors (Lipinski definition) is 2. The van der Waals surface area contributed by atoms with Gasteiger partial charge in [-0.2, -0.15) is 0 Å². The second kappa shape index (κ2) is 13.4. The van der Waals surface area contributed by atoms with Crippen LogP contribution >= 0.6 is 0 Å². The van der Waals surface area contributed by atoms with E-state index in [-0.39, 0.29) is 0 Å². The van der Waals surface area contributed by atoms with Gasteiger partial charge in [0.1, 0.15) is 12.4 Å². The van der Waals surface area contributed by atoms with E-state index in [1.54, 1.807) is 17.6 Å². The number of carbonyl (C=O) groups is 1. The topological polar surface area (TPSA) is 73.2 Å². The molecule has 2 aliphatic heterocycles. The summed E-state index contributed by atoms with van der Waals surface area (Å²) in [6.07, 6.45) is 10.3. The summed E-state index contributed by atoms with van der Waals surface area (Å²) in [6.45, 7) is 10.9. The van der Waals surface area contributed by atoms with E-state index in [9.17, 15) is 4.79 Å². The van der Waals surface area contributed by atoms with Crippen LogP contribution in [0.2, 0.25) is 0 Å². The van der Waals surface area contributed by atoms with Gasteiger partial charge < -0.3 is 14.2 Å². The Morgan fingerprint density at radius 3 is 2.49 bits per heavy atom. The van der Waals surface area contributed by atoms with Crippen molar-refractivity contribution < 1.29 is 14.7 Å². The maximum Gasteiger partial charge on any atom is 0.274 e. The summed E-state index contributed by atoms with van der Waals surface area (Å²) in [5.41, 5.74) is 4.37. The number of fused-ring (bicyclic) bond motifs is 1. The Morgan fingerprint density at radius 2 is 1.71 bits per heavy atom. The smallest absolute Gasteiger partial charge is 0.274 e. The van der Waals surface area contributed by atoms with Gasteiger partial charge in [0, 0.05) is 62.6 Å². The van der Waals surface area contributed by atoms with Crippen molar-refractivity contribution in [1.82, 2.24) is 24.7 Å². The van der Waals surface area contributed by atoms with E-state index in [1.807, 2.05) is 24.4 Å². The molecule has 3 aromatic rings. The monoisotopic (exact) mass is 559 g/mol. The molecule has 8 nitrogen and oxygen atoms in total. The molecular formula is C33H45N5O3. The number of piperazine rings is 1. The van der Waals surface area contributed by atoms with Gasteiger partial charge >= 0.3 is 0 Å². The molecule has 220 valence electrons. The van der Waals surface area contributed by atoms with Crippen LogP contribution in [-0.2, 0) is 13.1 Å². The summed E-state index contributed by atoms with van der Waals surface area (Å²) in [5, 5.41) is 10.00. The molecule has 1 saturated carbocycles. The summed E-state index contributed by atoms with van der Waals surface area (Å²) >= 11 is 0. The molecule has 6 rings (SSSR count). The van der Waals surface area contributed by atoms with Crippen molar-refractivity contribution in [2.24, 2.45) is 5.92 Å². The Balaban J connectivity index is 0.931. The van der Waals surface area contributed by atoms with Crippen LogP contribution in [-0.4, -0.2) is 88.8 Å². The highest BCUT2D eigenvalue weighted by Crippen LogP contribution is 2.26. The largest absolute Gasteiger partial charge is 0.492 e. The predicted molar refractivity (Wildman–Crippen MR) is 161 cm³/mol. The second-order valence-corrected chi connectivity index (χ2v) is 12.2. The second-order valence-electron chi connectivity index (χ2n) is 12.2. The number of ether oxygens (including phenoxy) is 1. The first-order valence-corrected chi connectivity index (χ1v) is 15.6. The van der Waals surface area contributed by atoms with E-state index in [2.05, 4.69) is 37.5 Å². The lowest BCUT2D eigenvalue weighted by Gasteiger charge is -2.40. The van der Waals surface area contributed by atoms with Crippen molar-refractivity contribution in [3.05, 3.63) is 65.9 Å². The minimum absolute atomic E-state index is 0.426. The Labute approximate surface area is 243 Å². The number of likely N-dealkylation sites (tertiary alicyclic amines) is 1. The zero-order chi connectivity index (χ0) is 28.0. The number of rotatable bonds is 10. The fraction of sp³-hybridized carbons (Fsp3) is 0.545. The Bertz CT molecular complexity index is 1290. The average molecular weight is 560 g/mol. The van der Waals surface area contributed by atoms with E-state index < -0.39 is 5.91 Å². The van der Waals surface area contributed by atoms with Crippen LogP contribution in [0.4, 0.5) is 0 Å². The van der Waals surface area contributed by atoms with Crippen molar-refractivity contribution in [3.63, 3.8) is 0 Å². The molecule has 2 N–H and O–H groups in total. The van der Waals surface area contributed by atoms with Crippen molar-refractivity contribution in [2.45, 2.75) is 57.7 Å². The van der Waals surface area contributed by atoms with Crippen molar-refractivity contribution in [2.75, 3.05) is 52.4 Å². The number of nitrogens with one attached hydrogen (secondary N) is 1. The Kier molecular flexibility index (Phi) is 9.21. The minimum Gasteiger partial charge on any atom is -0.492 e. The van der Waals surface area contributed by atoms with E-state index in [0.717, 1.165) is 35.2 Å². The van der Waals surface area contributed by atoms with Crippen LogP contribution in [0, 0.1) is 5.92 Å². The summed E-state index contributed by atoms with van der Waals surface area (Å²) in [4.78, 5) is 19.9. The van der Waals surface area contributed by atoms with Crippen LogP contribution in [0.1, 0.15) is 54.4 Å². The fourth-order valence-corrected chi connectivity index (χ4v) is 7.11. The highest BCUT2D eigenvalue weighted by atomic mass is 16.5. The summed E-state index contributed by atoms with van der Waals surface area (Å²) in [5.74, 6) is 1.22. The Morgan fingerprint density at radius 1 is 0.902 bits per heavy atom. The standard InChI is InChI=1S/C33H45N5O3/c39-33(34-40)29-9-8-28-12-15-38(32(28)23-29)20-21-41-31-7-3-4-27(22-31)25-35-13-10-26(11-14-35)24-36-16-18-37(19-17-36)30-5-1-2-6-30/h3-4,7-9,12,15,22-23,26,30,40H,1-2,5-6,10-11,13-14,16-21,24-25H2,(H,34,39). The molecule has 0 bridgehead atoms. The fourth-order valence-electron chi connectivity index (χ4n) is 7.11. The molecule has 3 fully saturated rings. The highest BCUT2D eigenvalue weighted by molar-refractivity contribution is 5.97. The predicted octanol–water partition coefficient (Wildman–Crippen LogP) is 4.61. The average Bonchev–Trinajstić information content (AvgIpc) is 3.69. The van der Waals surface area contributed by atoms with E-state index >= 15 is 0 Å². The molecule has 3 heterocycles. The first-order chi connectivity index (χ1) is 20.1. The number of hydrogen-bond acceptors (Lipinski definition) is 6. The summed E-state index contributed by atoms with van der Waals surface area (Å²) in [7, 11) is 0. The molecule has 1 aromatic heterocycles. The minimum atomic E-state index is -0.509. The van der Waals surface area contributed by atoms with Gasteiger partial charge in [0.25, 0.3) is 5.91 Å². The first-order valence-electron chi connectivity index (χ1n) is 15.6. The zero-order valence-corrected chi connectivity index (χ0v) is 24.2. The van der Waals surface area contributed by atoms with Crippen LogP contribution in [0.5, 0.6) is 5.75 Å². The normalized spacial score (nSPS) is 20.1. The van der Waals surface area contributed by atoms with Crippen molar-refractivity contribution in [1.29, 1.82) is 0 Å². The maximum absolute atomic E-state index is 11.8. The number of piperidine rings is 1. The number of nitrogens with zero attached hydrogens (tertiary/aromatic N) is 4. The van der Waals surface area contributed by atoms with Crippen LogP contribution < -0.4 is 10.2 Å². The molecule has 2 aromatic carbocycles. The highest BCUT2D eigenvalue weighted by Gasteiger charge is 2.28. The first kappa shape index (κ1) is 28.2. The van der Waals surface area contributed by atoms with Crippen LogP contribution in [0.15, 0.2) is 54.7 Å². The SMILES string of the molecule is O=C(NO)c1ccc2ccn(CCOc3cccc(CN4CCC(CN5CCN(C6CCCC6)CC5)CC4)c3)c2c1. The molecule has 0 radical (unpaired) electrons. The number of amides is 1. The molecule has 1 aliphatic carbocycles. The van der Waals surface area contributed by atoms with Gasteiger partial charge in [-0.3, -0.25) is 19.8 Å². The molecule has 41 heavy (non-hydrogen) atoms. The van der Waals surface area contributed by atoms with E-state index in [1.165, 1.54) is 89.9 Å². The third-order valence-corrected chi connectivity index (χ3v) is 9.51. The van der Waals surface area contributed by atoms with Crippen molar-refractivity contribution >= 4 is 16.8 Å². The summed E-state index contributed by atoms with van der Waals surface area (Å²) < 4.78 is 8.21. The van der Waals surface area contributed by atoms with Gasteiger partial charge in [-0.1, -0.05) is 31.0 Å². The quantitative estimate of drug-likeness (QED) is 0.279. The Hall–Kier alpha value is -2.91. The van der Waals surface area contributed by atoms with E-state index in [0.29, 0.717) is 18.7 Å². The molecular weight excluding hydrogens is 514 g/mol. The number of aromatic nitrogens is 1. The van der Waals surface area contributed by atoms with Gasteiger partial charge in [0.2, 0.25) is 0 Å². The summed E-state index contributed by atoms with van der Waals surface area (Å²) in [6, 6.07) is 16.8. The molecule has 0 unspecified atom stereocenters. The van der Waals surface area contributed by atoms with Gasteiger partial charge in [-0.15, -0.1) is 0 Å². The van der Waals surface area contributed by atoms with E-state index in [4.69, 9.17) is 9.94 Å². The third-order valence-electron chi connectivity index (χ3n) is 9.51. The number of carbonyl (C=O) groups excluding carboxylic acids is 1. The van der Waals surface area contributed by atoms with Crippen molar-refractivity contribution in [3.8, 4) is 5.75 Å².